The molecule has 0 aliphatic rings. The number of halogens is 2. The van der Waals surface area contributed by atoms with Crippen molar-refractivity contribution in [1.82, 2.24) is 0 Å². The van der Waals surface area contributed by atoms with E-state index in [0.29, 0.717) is 5.88 Å². The first kappa shape index (κ1) is 13.1. The lowest BCUT2D eigenvalue weighted by Crippen LogP contribution is -2.03. The van der Waals surface area contributed by atoms with Crippen LogP contribution < -0.4 is 0 Å². The van der Waals surface area contributed by atoms with Crippen molar-refractivity contribution in [3.63, 3.8) is 0 Å². The van der Waals surface area contributed by atoms with Gasteiger partial charge in [0.25, 0.3) is 0 Å². The molecule has 0 N–H and O–H groups in total. The number of carbonyl (C=O) groups is 1. The Morgan fingerprint density at radius 2 is 2.27 bits per heavy atom. The highest BCUT2D eigenvalue weighted by Gasteiger charge is 2.16. The summed E-state index contributed by atoms with van der Waals surface area (Å²) in [7, 11) is 0. The molecule has 0 aliphatic carbocycles. The molecule has 0 spiro atoms. The van der Waals surface area contributed by atoms with Crippen molar-refractivity contribution in [3.05, 3.63) is 29.3 Å². The van der Waals surface area contributed by atoms with Crippen molar-refractivity contribution in [1.29, 1.82) is 0 Å². The summed E-state index contributed by atoms with van der Waals surface area (Å²) in [6, 6.07) is 5.98. The minimum atomic E-state index is -0.233. The molecule has 15 heavy (non-hydrogen) atoms. The van der Waals surface area contributed by atoms with Crippen LogP contribution in [0.15, 0.2) is 23.1 Å². The standard InChI is InChI=1S/C11H12BrClOS/c1-7(14)11(12)9-5-8(6-13)3-4-10(9)15-2/h3-5,11H,6H2,1-2H3. The Labute approximate surface area is 108 Å². The molecule has 0 aliphatic heterocycles. The maximum Gasteiger partial charge on any atom is 0.147 e. The van der Waals surface area contributed by atoms with Gasteiger partial charge in [0, 0.05) is 10.8 Å². The maximum absolute atomic E-state index is 11.3. The number of ketones is 1. The molecule has 0 heterocycles. The average Bonchev–Trinajstić information content (AvgIpc) is 2.27. The SMILES string of the molecule is CSc1ccc(CCl)cc1C(Br)C(C)=O. The second-order valence-corrected chi connectivity index (χ2v) is 5.21. The van der Waals surface area contributed by atoms with Gasteiger partial charge in [0.1, 0.15) is 5.78 Å². The molecule has 4 heteroatoms. The van der Waals surface area contributed by atoms with Gasteiger partial charge in [-0.3, -0.25) is 4.79 Å². The molecule has 1 aromatic rings. The lowest BCUT2D eigenvalue weighted by atomic mass is 10.1. The smallest absolute Gasteiger partial charge is 0.147 e. The minimum Gasteiger partial charge on any atom is -0.298 e. The van der Waals surface area contributed by atoms with E-state index >= 15 is 0 Å². The number of hydrogen-bond acceptors (Lipinski definition) is 2. The Bertz CT molecular complexity index is 368. The van der Waals surface area contributed by atoms with Crippen molar-refractivity contribution >= 4 is 45.1 Å². The zero-order valence-corrected chi connectivity index (χ0v) is 11.7. The number of rotatable bonds is 4. The Balaban J connectivity index is 3.16. The molecule has 1 nitrogen and oxygen atoms in total. The Morgan fingerprint density at radius 3 is 2.73 bits per heavy atom. The lowest BCUT2D eigenvalue weighted by Gasteiger charge is -2.12. The van der Waals surface area contributed by atoms with E-state index in [-0.39, 0.29) is 10.6 Å². The quantitative estimate of drug-likeness (QED) is 0.613. The van der Waals surface area contributed by atoms with Crippen LogP contribution in [0.1, 0.15) is 22.9 Å². The van der Waals surface area contributed by atoms with Gasteiger partial charge in [-0.25, -0.2) is 0 Å². The molecule has 82 valence electrons. The van der Waals surface area contributed by atoms with Crippen LogP contribution in [0.4, 0.5) is 0 Å². The summed E-state index contributed by atoms with van der Waals surface area (Å²) in [5.41, 5.74) is 2.04. The van der Waals surface area contributed by atoms with Crippen LogP contribution in [0.3, 0.4) is 0 Å². The molecule has 0 aromatic heterocycles. The largest absolute Gasteiger partial charge is 0.298 e. The predicted octanol–water partition coefficient (Wildman–Crippen LogP) is 4.17. The second kappa shape index (κ2) is 5.92. The maximum atomic E-state index is 11.3. The molecule has 1 unspecified atom stereocenters. The van der Waals surface area contributed by atoms with Gasteiger partial charge < -0.3 is 0 Å². The number of hydrogen-bond donors (Lipinski definition) is 0. The number of alkyl halides is 2. The number of thioether (sulfide) groups is 1. The molecule has 1 aromatic carbocycles. The van der Waals surface area contributed by atoms with E-state index in [1.165, 1.54) is 0 Å². The van der Waals surface area contributed by atoms with Gasteiger partial charge in [0.15, 0.2) is 0 Å². The van der Waals surface area contributed by atoms with E-state index in [2.05, 4.69) is 15.9 Å². The van der Waals surface area contributed by atoms with Crippen LogP contribution in [0.25, 0.3) is 0 Å². The highest BCUT2D eigenvalue weighted by Crippen LogP contribution is 2.33. The Kier molecular flexibility index (Phi) is 5.16. The number of Topliss-reactive ketones (excluding diaryl/α,β-unsaturated/α-hetero) is 1. The van der Waals surface area contributed by atoms with E-state index < -0.39 is 0 Å². The minimum absolute atomic E-state index is 0.108. The van der Waals surface area contributed by atoms with Gasteiger partial charge in [0.05, 0.1) is 4.83 Å². The zero-order valence-electron chi connectivity index (χ0n) is 8.59. The second-order valence-electron chi connectivity index (χ2n) is 3.18. The molecule has 0 saturated carbocycles. The first-order valence-electron chi connectivity index (χ1n) is 4.47. The van der Waals surface area contributed by atoms with E-state index in [1.807, 2.05) is 24.5 Å². The highest BCUT2D eigenvalue weighted by molar-refractivity contribution is 9.09. The average molecular weight is 308 g/mol. The molecular weight excluding hydrogens is 296 g/mol. The van der Waals surface area contributed by atoms with E-state index in [0.717, 1.165) is 16.0 Å². The fourth-order valence-electron chi connectivity index (χ4n) is 1.28. The highest BCUT2D eigenvalue weighted by atomic mass is 79.9. The summed E-state index contributed by atoms with van der Waals surface area (Å²) in [5.74, 6) is 0.580. The summed E-state index contributed by atoms with van der Waals surface area (Å²) in [5, 5.41) is 0. The van der Waals surface area contributed by atoms with Gasteiger partial charge >= 0.3 is 0 Å². The molecule has 0 radical (unpaired) electrons. The van der Waals surface area contributed by atoms with E-state index in [9.17, 15) is 4.79 Å². The summed E-state index contributed by atoms with van der Waals surface area (Å²) in [4.78, 5) is 12.2. The van der Waals surface area contributed by atoms with Crippen LogP contribution >= 0.6 is 39.3 Å². The number of benzene rings is 1. The van der Waals surface area contributed by atoms with Gasteiger partial charge in [0.2, 0.25) is 0 Å². The van der Waals surface area contributed by atoms with E-state index in [4.69, 9.17) is 11.6 Å². The number of carbonyl (C=O) groups excluding carboxylic acids is 1. The molecule has 1 atom stereocenters. The van der Waals surface area contributed by atoms with Gasteiger partial charge in [-0.1, -0.05) is 28.1 Å². The fourth-order valence-corrected chi connectivity index (χ4v) is 2.60. The van der Waals surface area contributed by atoms with Gasteiger partial charge in [-0.05, 0) is 30.4 Å². The van der Waals surface area contributed by atoms with Crippen molar-refractivity contribution in [2.75, 3.05) is 6.26 Å². The topological polar surface area (TPSA) is 17.1 Å². The molecule has 1 rings (SSSR count). The van der Waals surface area contributed by atoms with Crippen molar-refractivity contribution < 1.29 is 4.79 Å². The van der Waals surface area contributed by atoms with Crippen LogP contribution in [0.5, 0.6) is 0 Å². The fraction of sp³-hybridized carbons (Fsp3) is 0.364. The third-order valence-corrected chi connectivity index (χ3v) is 4.34. The third-order valence-electron chi connectivity index (χ3n) is 2.08. The normalized spacial score (nSPS) is 12.5. The van der Waals surface area contributed by atoms with Crippen LogP contribution in [-0.4, -0.2) is 12.0 Å². The first-order valence-corrected chi connectivity index (χ1v) is 7.15. The lowest BCUT2D eigenvalue weighted by molar-refractivity contribution is -0.116. The zero-order chi connectivity index (χ0) is 11.4. The molecule has 0 saturated heterocycles. The molecule has 0 amide bonds. The Hall–Kier alpha value is 0.01000. The molecule has 0 bridgehead atoms. The van der Waals surface area contributed by atoms with Crippen LogP contribution in [-0.2, 0) is 10.7 Å². The summed E-state index contributed by atoms with van der Waals surface area (Å²) >= 11 is 10.8. The van der Waals surface area contributed by atoms with Crippen molar-refractivity contribution in [3.8, 4) is 0 Å². The first-order chi connectivity index (χ1) is 7.10. The summed E-state index contributed by atoms with van der Waals surface area (Å²) in [6.07, 6.45) is 2.00. The van der Waals surface area contributed by atoms with Crippen molar-refractivity contribution in [2.45, 2.75) is 22.5 Å². The molecule has 0 fully saturated rings. The predicted molar refractivity (Wildman–Crippen MR) is 70.1 cm³/mol. The van der Waals surface area contributed by atoms with Gasteiger partial charge in [-0.2, -0.15) is 0 Å². The van der Waals surface area contributed by atoms with E-state index in [1.54, 1.807) is 18.7 Å². The molecular formula is C11H12BrClOS. The van der Waals surface area contributed by atoms with Crippen LogP contribution in [0, 0.1) is 0 Å². The van der Waals surface area contributed by atoms with Crippen LogP contribution in [0.2, 0.25) is 0 Å². The Morgan fingerprint density at radius 1 is 1.60 bits per heavy atom. The third kappa shape index (κ3) is 3.23. The monoisotopic (exact) mass is 306 g/mol. The van der Waals surface area contributed by atoms with Crippen molar-refractivity contribution in [2.24, 2.45) is 0 Å². The van der Waals surface area contributed by atoms with Gasteiger partial charge in [-0.15, -0.1) is 23.4 Å². The summed E-state index contributed by atoms with van der Waals surface area (Å²) in [6.45, 7) is 1.58. The summed E-state index contributed by atoms with van der Waals surface area (Å²) < 4.78 is 0.